The predicted octanol–water partition coefficient (Wildman–Crippen LogP) is 5.71. The summed E-state index contributed by atoms with van der Waals surface area (Å²) in [4.78, 5) is 24.4. The number of aromatic nitrogens is 3. The summed E-state index contributed by atoms with van der Waals surface area (Å²) in [6.07, 6.45) is 1.72. The number of methoxy groups -OCH3 is 1. The summed E-state index contributed by atoms with van der Waals surface area (Å²) in [5, 5.41) is 15.6. The van der Waals surface area contributed by atoms with Gasteiger partial charge in [-0.15, -0.1) is 0 Å². The van der Waals surface area contributed by atoms with Gasteiger partial charge in [-0.1, -0.05) is 6.07 Å². The van der Waals surface area contributed by atoms with Crippen LogP contribution in [0.25, 0.3) is 22.0 Å². The number of aryl methyl sites for hydroxylation is 3. The van der Waals surface area contributed by atoms with E-state index in [2.05, 4.69) is 26.3 Å². The van der Waals surface area contributed by atoms with Gasteiger partial charge in [-0.05, 0) is 73.7 Å². The van der Waals surface area contributed by atoms with Gasteiger partial charge in [0.05, 0.1) is 23.6 Å². The number of nitro groups is 1. The van der Waals surface area contributed by atoms with Crippen molar-refractivity contribution in [2.75, 3.05) is 12.4 Å². The Morgan fingerprint density at radius 2 is 1.85 bits per heavy atom. The minimum atomic E-state index is -0.370. The van der Waals surface area contributed by atoms with Crippen molar-refractivity contribution in [2.24, 2.45) is 0 Å². The Balaban J connectivity index is 1.80. The Kier molecular flexibility index (Phi) is 5.91. The number of anilines is 1. The van der Waals surface area contributed by atoms with Gasteiger partial charge in [0, 0.05) is 29.8 Å². The van der Waals surface area contributed by atoms with E-state index in [0.717, 1.165) is 38.7 Å². The minimum Gasteiger partial charge on any atom is -0.481 e. The third-order valence-electron chi connectivity index (χ3n) is 5.56. The molecule has 0 spiro atoms. The number of nitro benzene ring substituents is 1. The smallest absolute Gasteiger partial charge is 0.270 e. The molecule has 2 aromatic heterocycles. The second-order valence-electron chi connectivity index (χ2n) is 8.12. The fraction of sp³-hybridized carbons (Fsp3) is 0.240. The van der Waals surface area contributed by atoms with Crippen molar-refractivity contribution in [3.05, 3.63) is 81.3 Å². The number of rotatable bonds is 6. The highest BCUT2D eigenvalue weighted by atomic mass is 16.6. The lowest BCUT2D eigenvalue weighted by Gasteiger charge is -2.18. The average molecular weight is 444 g/mol. The zero-order valence-electron chi connectivity index (χ0n) is 19.2. The van der Waals surface area contributed by atoms with Crippen molar-refractivity contribution in [3.8, 4) is 17.0 Å². The summed E-state index contributed by atoms with van der Waals surface area (Å²) < 4.78 is 5.28. The molecule has 0 amide bonds. The zero-order valence-corrected chi connectivity index (χ0v) is 19.2. The zero-order chi connectivity index (χ0) is 23.7. The van der Waals surface area contributed by atoms with Crippen molar-refractivity contribution >= 4 is 22.4 Å². The van der Waals surface area contributed by atoms with Crippen molar-refractivity contribution in [1.82, 2.24) is 15.0 Å². The highest BCUT2D eigenvalue weighted by molar-refractivity contribution is 5.94. The van der Waals surface area contributed by atoms with Crippen LogP contribution < -0.4 is 10.1 Å². The van der Waals surface area contributed by atoms with E-state index in [-0.39, 0.29) is 16.7 Å². The molecular formula is C25H25N5O3. The van der Waals surface area contributed by atoms with E-state index in [1.54, 1.807) is 25.4 Å². The number of ether oxygens (including phenoxy) is 1. The van der Waals surface area contributed by atoms with Crippen LogP contribution in [0.5, 0.6) is 5.88 Å². The molecule has 8 heteroatoms. The first kappa shape index (κ1) is 22.1. The summed E-state index contributed by atoms with van der Waals surface area (Å²) in [6.45, 7) is 7.71. The van der Waals surface area contributed by atoms with Crippen LogP contribution in [0.2, 0.25) is 0 Å². The Hall–Kier alpha value is -4.07. The van der Waals surface area contributed by atoms with Crippen molar-refractivity contribution in [3.63, 3.8) is 0 Å². The molecule has 0 fully saturated rings. The van der Waals surface area contributed by atoms with E-state index in [4.69, 9.17) is 4.74 Å². The van der Waals surface area contributed by atoms with Gasteiger partial charge in [0.15, 0.2) is 0 Å². The number of nitrogens with one attached hydrogen (secondary N) is 1. The van der Waals surface area contributed by atoms with Crippen LogP contribution in [0, 0.1) is 30.9 Å². The fourth-order valence-electron chi connectivity index (χ4n) is 3.94. The van der Waals surface area contributed by atoms with Gasteiger partial charge in [-0.25, -0.2) is 15.0 Å². The molecular weight excluding hydrogens is 418 g/mol. The van der Waals surface area contributed by atoms with E-state index >= 15 is 0 Å². The van der Waals surface area contributed by atoms with Gasteiger partial charge in [-0.3, -0.25) is 10.1 Å². The summed E-state index contributed by atoms with van der Waals surface area (Å²) in [7, 11) is 1.59. The Morgan fingerprint density at radius 1 is 1.06 bits per heavy atom. The maximum atomic E-state index is 11.3. The molecule has 0 aliphatic heterocycles. The molecule has 0 aliphatic rings. The minimum absolute atomic E-state index is 0.0759. The van der Waals surface area contributed by atoms with E-state index in [1.165, 1.54) is 0 Å². The molecule has 4 aromatic rings. The number of pyridine rings is 1. The SMILES string of the molecule is COc1cc(-c2cc3c(N[C@H](C)c4cc(C)cc([N+](=O)[O-])c4)nc(C)nc3cc2C)ccn1. The van der Waals surface area contributed by atoms with Crippen LogP contribution >= 0.6 is 0 Å². The van der Waals surface area contributed by atoms with Crippen molar-refractivity contribution in [1.29, 1.82) is 0 Å². The van der Waals surface area contributed by atoms with E-state index < -0.39 is 0 Å². The van der Waals surface area contributed by atoms with Crippen LogP contribution in [0.15, 0.2) is 48.7 Å². The maximum absolute atomic E-state index is 11.3. The van der Waals surface area contributed by atoms with Crippen molar-refractivity contribution in [2.45, 2.75) is 33.7 Å². The van der Waals surface area contributed by atoms with Gasteiger partial charge in [0.25, 0.3) is 5.69 Å². The summed E-state index contributed by atoms with van der Waals surface area (Å²) in [5.41, 5.74) is 5.63. The molecule has 0 radical (unpaired) electrons. The van der Waals surface area contributed by atoms with E-state index in [0.29, 0.717) is 17.5 Å². The maximum Gasteiger partial charge on any atom is 0.270 e. The molecule has 0 saturated carbocycles. The second-order valence-corrected chi connectivity index (χ2v) is 8.12. The lowest BCUT2D eigenvalue weighted by Crippen LogP contribution is -2.10. The van der Waals surface area contributed by atoms with E-state index in [1.807, 2.05) is 52.0 Å². The van der Waals surface area contributed by atoms with Gasteiger partial charge in [0.1, 0.15) is 11.6 Å². The molecule has 1 N–H and O–H groups in total. The number of nitrogens with zero attached hydrogens (tertiary/aromatic N) is 4. The number of hydrogen-bond donors (Lipinski definition) is 1. The van der Waals surface area contributed by atoms with Crippen LogP contribution in [-0.2, 0) is 0 Å². The summed E-state index contributed by atoms with van der Waals surface area (Å²) in [5.74, 6) is 1.86. The molecule has 33 heavy (non-hydrogen) atoms. The molecule has 2 aromatic carbocycles. The second kappa shape index (κ2) is 8.82. The van der Waals surface area contributed by atoms with Gasteiger partial charge < -0.3 is 10.1 Å². The third-order valence-corrected chi connectivity index (χ3v) is 5.56. The first-order valence-electron chi connectivity index (χ1n) is 10.6. The van der Waals surface area contributed by atoms with Crippen LogP contribution in [0.3, 0.4) is 0 Å². The first-order valence-corrected chi connectivity index (χ1v) is 10.6. The normalized spacial score (nSPS) is 11.9. The topological polar surface area (TPSA) is 103 Å². The lowest BCUT2D eigenvalue weighted by molar-refractivity contribution is -0.385. The molecule has 8 nitrogen and oxygen atoms in total. The molecule has 1 atom stereocenters. The summed E-state index contributed by atoms with van der Waals surface area (Å²) in [6, 6.07) is 12.8. The van der Waals surface area contributed by atoms with Crippen molar-refractivity contribution < 1.29 is 9.66 Å². The molecule has 0 bridgehead atoms. The number of hydrogen-bond acceptors (Lipinski definition) is 7. The van der Waals surface area contributed by atoms with Gasteiger partial charge in [0.2, 0.25) is 5.88 Å². The number of non-ortho nitro benzene ring substituents is 1. The largest absolute Gasteiger partial charge is 0.481 e. The number of fused-ring (bicyclic) bond motifs is 1. The molecule has 4 rings (SSSR count). The highest BCUT2D eigenvalue weighted by Gasteiger charge is 2.16. The monoisotopic (exact) mass is 443 g/mol. The first-order chi connectivity index (χ1) is 15.7. The Morgan fingerprint density at radius 3 is 2.58 bits per heavy atom. The lowest BCUT2D eigenvalue weighted by atomic mass is 9.98. The number of benzene rings is 2. The highest BCUT2D eigenvalue weighted by Crippen LogP contribution is 2.33. The molecule has 168 valence electrons. The Labute approximate surface area is 191 Å². The average Bonchev–Trinajstić information content (AvgIpc) is 2.78. The quantitative estimate of drug-likeness (QED) is 0.301. The molecule has 0 unspecified atom stereocenters. The van der Waals surface area contributed by atoms with Crippen LogP contribution in [0.1, 0.15) is 35.5 Å². The molecule has 0 aliphatic carbocycles. The standard InChI is InChI=1S/C25H25N5O3/c1-14-8-19(11-20(9-14)30(31)32)16(3)27-25-22-13-21(18-6-7-26-24(12-18)33-5)15(2)10-23(22)28-17(4)29-25/h6-13,16H,1-5H3,(H,27,28,29)/t16-/m1/s1. The molecule has 0 saturated heterocycles. The van der Waals surface area contributed by atoms with Gasteiger partial charge >= 0.3 is 0 Å². The van der Waals surface area contributed by atoms with Crippen LogP contribution in [0.4, 0.5) is 11.5 Å². The summed E-state index contributed by atoms with van der Waals surface area (Å²) >= 11 is 0. The van der Waals surface area contributed by atoms with E-state index in [9.17, 15) is 10.1 Å². The predicted molar refractivity (Wildman–Crippen MR) is 129 cm³/mol. The van der Waals surface area contributed by atoms with Crippen LogP contribution in [-0.4, -0.2) is 27.0 Å². The van der Waals surface area contributed by atoms with Gasteiger partial charge in [-0.2, -0.15) is 0 Å². The molecule has 2 heterocycles. The fourth-order valence-corrected chi connectivity index (χ4v) is 3.94. The third kappa shape index (κ3) is 4.59. The Bertz CT molecular complexity index is 1370.